The number of hydrogen-bond acceptors (Lipinski definition) is 6. The van der Waals surface area contributed by atoms with Crippen LogP contribution in [0.5, 0.6) is 0 Å². The van der Waals surface area contributed by atoms with Gasteiger partial charge in [-0.3, -0.25) is 28.8 Å². The standard InChI is InChI=1S/C54H38N2O6/c1-6-32-10-8-12-39(24-32)55-49(59)41-21-17-36(29-43(41)51(55)61)47(57)27-34-14-19-38(20-15-34)54(5)31-53(3,4)45-23-16-35(26-46(45)54)28-48(58)37-18-22-42-44(30-37)52(62)56(50(42)60)40-13-9-11-33(7-2)25-40/h1-2,8-26,29-30H,27-28,31H2,3-5H3. The third kappa shape index (κ3) is 6.45. The van der Waals surface area contributed by atoms with Gasteiger partial charge in [0.05, 0.1) is 33.6 Å². The predicted molar refractivity (Wildman–Crippen MR) is 237 cm³/mol. The maximum absolute atomic E-state index is 13.8. The number of hydrogen-bond donors (Lipinski definition) is 0. The second-order valence-electron chi connectivity index (χ2n) is 17.0. The van der Waals surface area contributed by atoms with Crippen LogP contribution in [0, 0.1) is 24.7 Å². The molecule has 0 bridgehead atoms. The van der Waals surface area contributed by atoms with Crippen molar-refractivity contribution in [2.75, 3.05) is 9.80 Å². The van der Waals surface area contributed by atoms with Crippen LogP contribution in [0.2, 0.25) is 0 Å². The Balaban J connectivity index is 0.916. The lowest BCUT2D eigenvalue weighted by atomic mass is 9.74. The maximum Gasteiger partial charge on any atom is 0.266 e. The molecule has 1 atom stereocenters. The minimum Gasteiger partial charge on any atom is -0.294 e. The van der Waals surface area contributed by atoms with Crippen molar-refractivity contribution in [3.05, 3.63) is 200 Å². The molecule has 300 valence electrons. The number of imide groups is 2. The molecule has 6 aromatic rings. The van der Waals surface area contributed by atoms with Gasteiger partial charge >= 0.3 is 0 Å². The van der Waals surface area contributed by atoms with E-state index in [1.54, 1.807) is 60.7 Å². The Morgan fingerprint density at radius 2 is 1.00 bits per heavy atom. The zero-order chi connectivity index (χ0) is 43.7. The van der Waals surface area contributed by atoms with Crippen LogP contribution in [0.1, 0.15) is 128 Å². The average molecular weight is 811 g/mol. The van der Waals surface area contributed by atoms with Crippen LogP contribution in [0.4, 0.5) is 11.4 Å². The van der Waals surface area contributed by atoms with E-state index in [0.29, 0.717) is 33.6 Å². The Bertz CT molecular complexity index is 3090. The number of rotatable bonds is 9. The van der Waals surface area contributed by atoms with E-state index in [-0.39, 0.29) is 52.1 Å². The number of fused-ring (bicyclic) bond motifs is 3. The van der Waals surface area contributed by atoms with Gasteiger partial charge in [-0.2, -0.15) is 0 Å². The molecule has 3 aliphatic rings. The first-order chi connectivity index (χ1) is 29.7. The highest BCUT2D eigenvalue weighted by Crippen LogP contribution is 2.53. The van der Waals surface area contributed by atoms with Gasteiger partial charge in [-0.15, -0.1) is 12.8 Å². The van der Waals surface area contributed by atoms with E-state index in [9.17, 15) is 28.8 Å². The normalized spacial score (nSPS) is 17.0. The molecule has 0 aromatic heterocycles. The van der Waals surface area contributed by atoms with Crippen molar-refractivity contribution in [3.8, 4) is 24.7 Å². The molecular formula is C54H38N2O6. The fourth-order valence-electron chi connectivity index (χ4n) is 9.41. The minimum absolute atomic E-state index is 0.0964. The summed E-state index contributed by atoms with van der Waals surface area (Å²) in [5.41, 5.74) is 7.76. The molecule has 6 aromatic carbocycles. The Morgan fingerprint density at radius 1 is 0.532 bits per heavy atom. The first-order valence-electron chi connectivity index (χ1n) is 20.2. The van der Waals surface area contributed by atoms with E-state index in [4.69, 9.17) is 12.8 Å². The van der Waals surface area contributed by atoms with Gasteiger partial charge in [0.1, 0.15) is 0 Å². The van der Waals surface area contributed by atoms with E-state index in [2.05, 4.69) is 44.7 Å². The van der Waals surface area contributed by atoms with Crippen molar-refractivity contribution >= 4 is 46.6 Å². The third-order valence-electron chi connectivity index (χ3n) is 12.5. The molecule has 0 saturated carbocycles. The quantitative estimate of drug-likeness (QED) is 0.0820. The summed E-state index contributed by atoms with van der Waals surface area (Å²) in [4.78, 5) is 83.0. The molecule has 9 rings (SSSR count). The summed E-state index contributed by atoms with van der Waals surface area (Å²) < 4.78 is 0. The Kier molecular flexibility index (Phi) is 9.34. The molecule has 0 saturated heterocycles. The first-order valence-corrected chi connectivity index (χ1v) is 20.2. The third-order valence-corrected chi connectivity index (χ3v) is 12.5. The molecule has 2 aliphatic heterocycles. The molecule has 0 radical (unpaired) electrons. The fraction of sp³-hybridized carbons (Fsp3) is 0.148. The van der Waals surface area contributed by atoms with Crippen LogP contribution in [-0.2, 0) is 23.7 Å². The van der Waals surface area contributed by atoms with Crippen molar-refractivity contribution in [2.45, 2.75) is 50.9 Å². The lowest BCUT2D eigenvalue weighted by Gasteiger charge is -2.29. The molecule has 1 aliphatic carbocycles. The van der Waals surface area contributed by atoms with E-state index >= 15 is 0 Å². The lowest BCUT2D eigenvalue weighted by Crippen LogP contribution is -2.29. The molecule has 62 heavy (non-hydrogen) atoms. The topological polar surface area (TPSA) is 109 Å². The number of benzene rings is 6. The van der Waals surface area contributed by atoms with E-state index in [0.717, 1.165) is 38.5 Å². The van der Waals surface area contributed by atoms with E-state index < -0.39 is 29.0 Å². The summed E-state index contributed by atoms with van der Waals surface area (Å²) in [6.07, 6.45) is 12.1. The highest BCUT2D eigenvalue weighted by molar-refractivity contribution is 6.35. The molecule has 0 N–H and O–H groups in total. The van der Waals surface area contributed by atoms with Crippen molar-refractivity contribution in [1.29, 1.82) is 0 Å². The summed E-state index contributed by atoms with van der Waals surface area (Å²) >= 11 is 0. The molecule has 8 nitrogen and oxygen atoms in total. The van der Waals surface area contributed by atoms with Gasteiger partial charge in [0.15, 0.2) is 11.6 Å². The highest BCUT2D eigenvalue weighted by atomic mass is 16.2. The number of carbonyl (C=O) groups excluding carboxylic acids is 6. The number of carbonyl (C=O) groups is 6. The van der Waals surface area contributed by atoms with Crippen molar-refractivity contribution < 1.29 is 28.8 Å². The smallest absolute Gasteiger partial charge is 0.266 e. The second kappa shape index (κ2) is 14.7. The lowest BCUT2D eigenvalue weighted by molar-refractivity contribution is 0.0910. The Labute approximate surface area is 359 Å². The van der Waals surface area contributed by atoms with E-state index in [1.165, 1.54) is 29.8 Å². The van der Waals surface area contributed by atoms with Gasteiger partial charge < -0.3 is 0 Å². The number of terminal acetylenes is 2. The number of nitrogens with zero attached hydrogens (tertiary/aromatic N) is 2. The molecule has 4 amide bonds. The van der Waals surface area contributed by atoms with Crippen LogP contribution < -0.4 is 9.80 Å². The summed E-state index contributed by atoms with van der Waals surface area (Å²) in [6.45, 7) is 6.63. The zero-order valence-electron chi connectivity index (χ0n) is 34.2. The molecule has 8 heteroatoms. The Morgan fingerprint density at radius 3 is 1.50 bits per heavy atom. The SMILES string of the molecule is C#Cc1cccc(N2C(=O)c3ccc(C(=O)Cc4ccc(C5(C)CC(C)(C)c6ccc(CC(=O)c7ccc8c(c7)C(=O)N(c7cccc(C#C)c7)C8=O)cc65)cc4)cc3C2=O)c1. The van der Waals surface area contributed by atoms with Gasteiger partial charge in [-0.05, 0) is 100 Å². The molecule has 2 heterocycles. The number of Topliss-reactive ketones (excluding diaryl/α,β-unsaturated/α-hetero) is 2. The minimum atomic E-state index is -0.507. The Hall–Kier alpha value is -7.94. The van der Waals surface area contributed by atoms with Gasteiger partial charge in [0.25, 0.3) is 23.6 Å². The van der Waals surface area contributed by atoms with E-state index in [1.807, 2.05) is 30.3 Å². The summed E-state index contributed by atoms with van der Waals surface area (Å²) in [6, 6.07) is 36.8. The fourth-order valence-corrected chi connectivity index (χ4v) is 9.41. The van der Waals surface area contributed by atoms with Crippen LogP contribution in [0.25, 0.3) is 0 Å². The summed E-state index contributed by atoms with van der Waals surface area (Å²) in [7, 11) is 0. The molecule has 1 unspecified atom stereocenters. The zero-order valence-corrected chi connectivity index (χ0v) is 34.2. The van der Waals surface area contributed by atoms with Gasteiger partial charge in [0.2, 0.25) is 0 Å². The number of amides is 4. The van der Waals surface area contributed by atoms with Crippen LogP contribution in [-0.4, -0.2) is 35.2 Å². The second-order valence-corrected chi connectivity index (χ2v) is 17.0. The molecule has 0 spiro atoms. The van der Waals surface area contributed by atoms with Gasteiger partial charge in [0, 0.05) is 40.5 Å². The highest BCUT2D eigenvalue weighted by Gasteiger charge is 2.46. The largest absolute Gasteiger partial charge is 0.294 e. The van der Waals surface area contributed by atoms with Crippen LogP contribution in [0.3, 0.4) is 0 Å². The van der Waals surface area contributed by atoms with Gasteiger partial charge in [-0.1, -0.05) is 99.3 Å². The summed E-state index contributed by atoms with van der Waals surface area (Å²) in [5, 5.41) is 0. The summed E-state index contributed by atoms with van der Waals surface area (Å²) in [5.74, 6) is 2.73. The van der Waals surface area contributed by atoms with Crippen molar-refractivity contribution in [1.82, 2.24) is 0 Å². The van der Waals surface area contributed by atoms with Crippen molar-refractivity contribution in [3.63, 3.8) is 0 Å². The number of anilines is 2. The molecular weight excluding hydrogens is 773 g/mol. The maximum atomic E-state index is 13.8. The van der Waals surface area contributed by atoms with Crippen molar-refractivity contribution in [2.24, 2.45) is 0 Å². The van der Waals surface area contributed by atoms with Crippen LogP contribution >= 0.6 is 0 Å². The van der Waals surface area contributed by atoms with Crippen LogP contribution in [0.15, 0.2) is 127 Å². The number of ketones is 2. The predicted octanol–water partition coefficient (Wildman–Crippen LogP) is 9.09. The van der Waals surface area contributed by atoms with Gasteiger partial charge in [-0.25, -0.2) is 9.80 Å². The average Bonchev–Trinajstić information content (AvgIpc) is 3.77. The first kappa shape index (κ1) is 39.5. The molecule has 0 fully saturated rings. The monoisotopic (exact) mass is 810 g/mol.